The summed E-state index contributed by atoms with van der Waals surface area (Å²) in [5.74, 6) is -0.873. The molecule has 0 spiro atoms. The maximum atomic E-state index is 11.5. The molecular formula is C18H20O2. The summed E-state index contributed by atoms with van der Waals surface area (Å²) in [6.07, 6.45) is 0. The van der Waals surface area contributed by atoms with Crippen molar-refractivity contribution in [2.45, 2.75) is 34.6 Å². The Balaban J connectivity index is 2.85. The zero-order valence-electron chi connectivity index (χ0n) is 12.7. The molecule has 0 aliphatic heterocycles. The molecule has 2 rings (SSSR count). The maximum absolute atomic E-state index is 11.5. The van der Waals surface area contributed by atoms with E-state index in [1.807, 2.05) is 19.1 Å². The molecule has 2 aromatic carbocycles. The lowest BCUT2D eigenvalue weighted by molar-refractivity contribution is 0.0697. The van der Waals surface area contributed by atoms with Gasteiger partial charge in [-0.1, -0.05) is 23.8 Å². The van der Waals surface area contributed by atoms with Crippen LogP contribution in [0.3, 0.4) is 0 Å². The van der Waals surface area contributed by atoms with Gasteiger partial charge in [-0.15, -0.1) is 0 Å². The highest BCUT2D eigenvalue weighted by Gasteiger charge is 2.17. The molecule has 2 nitrogen and oxygen atoms in total. The number of carboxylic acids is 1. The van der Waals surface area contributed by atoms with E-state index >= 15 is 0 Å². The van der Waals surface area contributed by atoms with E-state index in [1.165, 1.54) is 11.1 Å². The van der Waals surface area contributed by atoms with Crippen molar-refractivity contribution in [3.8, 4) is 11.1 Å². The second-order valence-corrected chi connectivity index (χ2v) is 5.49. The van der Waals surface area contributed by atoms with Crippen LogP contribution in [0.1, 0.15) is 38.2 Å². The van der Waals surface area contributed by atoms with E-state index in [0.29, 0.717) is 5.56 Å². The summed E-state index contributed by atoms with van der Waals surface area (Å²) >= 11 is 0. The van der Waals surface area contributed by atoms with Crippen LogP contribution in [-0.2, 0) is 0 Å². The number of carbonyl (C=O) groups is 1. The summed E-state index contributed by atoms with van der Waals surface area (Å²) < 4.78 is 0. The van der Waals surface area contributed by atoms with E-state index in [4.69, 9.17) is 0 Å². The van der Waals surface area contributed by atoms with E-state index < -0.39 is 5.97 Å². The molecule has 0 amide bonds. The third-order valence-electron chi connectivity index (χ3n) is 4.04. The van der Waals surface area contributed by atoms with Crippen molar-refractivity contribution in [2.75, 3.05) is 0 Å². The van der Waals surface area contributed by atoms with E-state index in [9.17, 15) is 9.90 Å². The predicted octanol–water partition coefficient (Wildman–Crippen LogP) is 4.59. The largest absolute Gasteiger partial charge is 0.478 e. The van der Waals surface area contributed by atoms with Crippen LogP contribution in [0, 0.1) is 34.6 Å². The highest BCUT2D eigenvalue weighted by atomic mass is 16.4. The van der Waals surface area contributed by atoms with Crippen LogP contribution in [-0.4, -0.2) is 11.1 Å². The Morgan fingerprint density at radius 3 is 1.95 bits per heavy atom. The SMILES string of the molecule is Cc1ccc(-c2c(C)c(C)cc(C)c2C)c(C(=O)O)c1. The Labute approximate surface area is 120 Å². The highest BCUT2D eigenvalue weighted by Crippen LogP contribution is 2.34. The summed E-state index contributed by atoms with van der Waals surface area (Å²) in [7, 11) is 0. The van der Waals surface area contributed by atoms with Gasteiger partial charge in [-0.25, -0.2) is 4.79 Å². The molecule has 2 aromatic rings. The second kappa shape index (κ2) is 5.12. The fourth-order valence-corrected chi connectivity index (χ4v) is 2.67. The average molecular weight is 268 g/mol. The molecule has 0 aromatic heterocycles. The average Bonchev–Trinajstić information content (AvgIpc) is 2.38. The van der Waals surface area contributed by atoms with Crippen LogP contribution in [0.15, 0.2) is 24.3 Å². The molecule has 0 saturated carbocycles. The Morgan fingerprint density at radius 1 is 0.900 bits per heavy atom. The molecule has 2 heteroatoms. The lowest BCUT2D eigenvalue weighted by Gasteiger charge is -2.17. The number of hydrogen-bond donors (Lipinski definition) is 1. The molecule has 104 valence electrons. The van der Waals surface area contributed by atoms with Gasteiger partial charge in [0.1, 0.15) is 0 Å². The van der Waals surface area contributed by atoms with Crippen LogP contribution in [0.5, 0.6) is 0 Å². The molecule has 0 saturated heterocycles. The van der Waals surface area contributed by atoms with E-state index in [1.54, 1.807) is 6.07 Å². The molecule has 0 bridgehead atoms. The van der Waals surface area contributed by atoms with Crippen LogP contribution in [0.4, 0.5) is 0 Å². The first-order chi connectivity index (χ1) is 9.32. The van der Waals surface area contributed by atoms with Crippen LogP contribution in [0.2, 0.25) is 0 Å². The maximum Gasteiger partial charge on any atom is 0.336 e. The fraction of sp³-hybridized carbons (Fsp3) is 0.278. The predicted molar refractivity (Wildman–Crippen MR) is 82.5 cm³/mol. The van der Waals surface area contributed by atoms with Crippen LogP contribution >= 0.6 is 0 Å². The molecule has 0 aliphatic rings. The molecule has 0 unspecified atom stereocenters. The molecule has 0 heterocycles. The number of hydrogen-bond acceptors (Lipinski definition) is 1. The first-order valence-electron chi connectivity index (χ1n) is 6.74. The molecule has 0 atom stereocenters. The van der Waals surface area contributed by atoms with Gasteiger partial charge in [0.05, 0.1) is 5.56 Å². The Bertz CT molecular complexity index is 671. The Morgan fingerprint density at radius 2 is 1.45 bits per heavy atom. The number of carboxylic acid groups (broad SMARTS) is 1. The van der Waals surface area contributed by atoms with Crippen molar-refractivity contribution >= 4 is 5.97 Å². The number of aromatic carboxylic acids is 1. The smallest absolute Gasteiger partial charge is 0.336 e. The topological polar surface area (TPSA) is 37.3 Å². The fourth-order valence-electron chi connectivity index (χ4n) is 2.67. The number of benzene rings is 2. The molecule has 0 aliphatic carbocycles. The first-order valence-corrected chi connectivity index (χ1v) is 6.74. The minimum Gasteiger partial charge on any atom is -0.478 e. The second-order valence-electron chi connectivity index (χ2n) is 5.49. The Hall–Kier alpha value is -2.09. The number of aryl methyl sites for hydroxylation is 3. The van der Waals surface area contributed by atoms with Gasteiger partial charge in [-0.05, 0) is 74.1 Å². The third kappa shape index (κ3) is 2.34. The minimum absolute atomic E-state index is 0.376. The third-order valence-corrected chi connectivity index (χ3v) is 4.04. The van der Waals surface area contributed by atoms with Crippen LogP contribution < -0.4 is 0 Å². The first kappa shape index (κ1) is 14.3. The molecule has 20 heavy (non-hydrogen) atoms. The van der Waals surface area contributed by atoms with Gasteiger partial charge in [0.15, 0.2) is 0 Å². The van der Waals surface area contributed by atoms with Crippen molar-refractivity contribution in [1.82, 2.24) is 0 Å². The van der Waals surface area contributed by atoms with Crippen molar-refractivity contribution in [2.24, 2.45) is 0 Å². The quantitative estimate of drug-likeness (QED) is 0.864. The van der Waals surface area contributed by atoms with Gasteiger partial charge in [-0.2, -0.15) is 0 Å². The van der Waals surface area contributed by atoms with Crippen molar-refractivity contribution in [3.05, 3.63) is 57.6 Å². The highest BCUT2D eigenvalue weighted by molar-refractivity contribution is 5.97. The van der Waals surface area contributed by atoms with E-state index in [0.717, 1.165) is 27.8 Å². The van der Waals surface area contributed by atoms with Crippen molar-refractivity contribution in [1.29, 1.82) is 0 Å². The van der Waals surface area contributed by atoms with E-state index in [-0.39, 0.29) is 0 Å². The summed E-state index contributed by atoms with van der Waals surface area (Å²) in [4.78, 5) is 11.5. The zero-order valence-corrected chi connectivity index (χ0v) is 12.7. The molecule has 1 N–H and O–H groups in total. The molecule has 0 radical (unpaired) electrons. The minimum atomic E-state index is -0.873. The van der Waals surface area contributed by atoms with Crippen molar-refractivity contribution in [3.63, 3.8) is 0 Å². The van der Waals surface area contributed by atoms with E-state index in [2.05, 4.69) is 33.8 Å². The van der Waals surface area contributed by atoms with Gasteiger partial charge in [-0.3, -0.25) is 0 Å². The van der Waals surface area contributed by atoms with Gasteiger partial charge in [0.2, 0.25) is 0 Å². The van der Waals surface area contributed by atoms with Gasteiger partial charge in [0, 0.05) is 0 Å². The zero-order chi connectivity index (χ0) is 15.0. The summed E-state index contributed by atoms with van der Waals surface area (Å²) in [6, 6.07) is 7.79. The lowest BCUT2D eigenvalue weighted by atomic mass is 9.87. The lowest BCUT2D eigenvalue weighted by Crippen LogP contribution is -2.03. The Kier molecular flexibility index (Phi) is 3.67. The summed E-state index contributed by atoms with van der Waals surface area (Å²) in [6.45, 7) is 10.2. The van der Waals surface area contributed by atoms with Crippen LogP contribution in [0.25, 0.3) is 11.1 Å². The number of rotatable bonds is 2. The van der Waals surface area contributed by atoms with Gasteiger partial charge < -0.3 is 5.11 Å². The van der Waals surface area contributed by atoms with Gasteiger partial charge in [0.25, 0.3) is 0 Å². The summed E-state index contributed by atoms with van der Waals surface area (Å²) in [5, 5.41) is 9.47. The van der Waals surface area contributed by atoms with Gasteiger partial charge >= 0.3 is 5.97 Å². The normalized spacial score (nSPS) is 10.7. The standard InChI is InChI=1S/C18H20O2/c1-10-6-7-15(16(8-10)18(19)20)17-13(4)11(2)9-12(3)14(17)5/h6-9H,1-5H3,(H,19,20). The monoisotopic (exact) mass is 268 g/mol. The summed E-state index contributed by atoms with van der Waals surface area (Å²) in [5.41, 5.74) is 7.90. The molecule has 0 fully saturated rings. The molecular weight excluding hydrogens is 248 g/mol. The van der Waals surface area contributed by atoms with Crippen molar-refractivity contribution < 1.29 is 9.90 Å².